The van der Waals surface area contributed by atoms with Gasteiger partial charge in [-0.1, -0.05) is 6.07 Å². The molecule has 0 bridgehead atoms. The third-order valence-corrected chi connectivity index (χ3v) is 5.22. The average Bonchev–Trinajstić information content (AvgIpc) is 3.17. The maximum absolute atomic E-state index is 13.1. The number of carbonyl (C=O) groups excluding carboxylic acids is 1. The summed E-state index contributed by atoms with van der Waals surface area (Å²) in [6.45, 7) is 4.82. The van der Waals surface area contributed by atoms with Crippen LogP contribution in [0.1, 0.15) is 47.0 Å². The topological polar surface area (TPSA) is 58.8 Å². The summed E-state index contributed by atoms with van der Waals surface area (Å²) in [5.41, 5.74) is 1.75. The van der Waals surface area contributed by atoms with Crippen molar-refractivity contribution in [1.29, 1.82) is 0 Å². The van der Waals surface area contributed by atoms with E-state index in [2.05, 4.69) is 16.0 Å². The number of carbonyl (C=O) groups is 1. The number of morpholine rings is 1. The highest BCUT2D eigenvalue weighted by molar-refractivity contribution is 5.94. The van der Waals surface area contributed by atoms with Gasteiger partial charge in [-0.25, -0.2) is 0 Å². The molecule has 2 saturated heterocycles. The Bertz CT molecular complexity index is 725. The van der Waals surface area contributed by atoms with Crippen LogP contribution in [-0.4, -0.2) is 53.5 Å². The lowest BCUT2D eigenvalue weighted by Gasteiger charge is -2.35. The van der Waals surface area contributed by atoms with E-state index >= 15 is 0 Å². The van der Waals surface area contributed by atoms with Gasteiger partial charge in [0.25, 0.3) is 5.91 Å². The molecule has 1 amide bonds. The van der Waals surface area contributed by atoms with Crippen molar-refractivity contribution in [3.63, 3.8) is 0 Å². The van der Waals surface area contributed by atoms with Gasteiger partial charge in [0.2, 0.25) is 0 Å². The van der Waals surface area contributed by atoms with E-state index in [0.717, 1.165) is 70.0 Å². The quantitative estimate of drug-likeness (QED) is 0.844. The van der Waals surface area contributed by atoms with Gasteiger partial charge < -0.3 is 14.1 Å². The first kappa shape index (κ1) is 17.2. The molecule has 4 heterocycles. The minimum Gasteiger partial charge on any atom is -0.467 e. The van der Waals surface area contributed by atoms with Crippen molar-refractivity contribution in [2.75, 3.05) is 32.8 Å². The Hall–Kier alpha value is -2.18. The summed E-state index contributed by atoms with van der Waals surface area (Å²) in [6.07, 6.45) is 8.41. The Labute approximate surface area is 153 Å². The Kier molecular flexibility index (Phi) is 5.32. The summed E-state index contributed by atoms with van der Waals surface area (Å²) < 4.78 is 11.1. The number of rotatable bonds is 4. The molecule has 2 aromatic heterocycles. The number of piperidine rings is 1. The van der Waals surface area contributed by atoms with Gasteiger partial charge in [0, 0.05) is 32.0 Å². The van der Waals surface area contributed by atoms with Crippen molar-refractivity contribution in [2.45, 2.75) is 31.8 Å². The summed E-state index contributed by atoms with van der Waals surface area (Å²) in [5, 5.41) is 0. The Morgan fingerprint density at radius 2 is 2.12 bits per heavy atom. The van der Waals surface area contributed by atoms with Gasteiger partial charge in [-0.3, -0.25) is 14.7 Å². The van der Waals surface area contributed by atoms with Crippen molar-refractivity contribution < 1.29 is 13.9 Å². The fourth-order valence-corrected chi connectivity index (χ4v) is 3.82. The first-order valence-electron chi connectivity index (χ1n) is 9.39. The number of hydrogen-bond acceptors (Lipinski definition) is 5. The first-order valence-corrected chi connectivity index (χ1v) is 9.39. The molecule has 2 aliphatic heterocycles. The highest BCUT2D eigenvalue weighted by Gasteiger charge is 2.29. The van der Waals surface area contributed by atoms with Crippen LogP contribution in [0.5, 0.6) is 0 Å². The van der Waals surface area contributed by atoms with Crippen LogP contribution in [-0.2, 0) is 11.3 Å². The van der Waals surface area contributed by atoms with Crippen LogP contribution < -0.4 is 0 Å². The molecule has 138 valence electrons. The van der Waals surface area contributed by atoms with Crippen molar-refractivity contribution in [2.24, 2.45) is 0 Å². The van der Waals surface area contributed by atoms with E-state index in [-0.39, 0.29) is 11.9 Å². The number of pyridine rings is 1. The smallest absolute Gasteiger partial charge is 0.257 e. The predicted molar refractivity (Wildman–Crippen MR) is 96.7 cm³/mol. The van der Waals surface area contributed by atoms with E-state index in [1.165, 1.54) is 0 Å². The first-order chi connectivity index (χ1) is 12.8. The monoisotopic (exact) mass is 355 g/mol. The van der Waals surface area contributed by atoms with Crippen LogP contribution in [0.3, 0.4) is 0 Å². The van der Waals surface area contributed by atoms with E-state index in [0.29, 0.717) is 5.56 Å². The van der Waals surface area contributed by atoms with Crippen LogP contribution in [0.4, 0.5) is 0 Å². The fourth-order valence-electron chi connectivity index (χ4n) is 3.82. The number of nitrogens with zero attached hydrogens (tertiary/aromatic N) is 3. The minimum absolute atomic E-state index is 0.0514. The van der Waals surface area contributed by atoms with Gasteiger partial charge in [-0.2, -0.15) is 0 Å². The largest absolute Gasteiger partial charge is 0.467 e. The number of ether oxygens (including phenoxy) is 1. The van der Waals surface area contributed by atoms with Gasteiger partial charge in [0.05, 0.1) is 31.4 Å². The zero-order valence-corrected chi connectivity index (χ0v) is 15.0. The van der Waals surface area contributed by atoms with E-state index in [1.807, 2.05) is 23.2 Å². The molecular weight excluding hydrogens is 330 g/mol. The van der Waals surface area contributed by atoms with Crippen molar-refractivity contribution in [3.8, 4) is 0 Å². The van der Waals surface area contributed by atoms with Crippen molar-refractivity contribution >= 4 is 5.91 Å². The molecule has 0 saturated carbocycles. The Morgan fingerprint density at radius 3 is 2.92 bits per heavy atom. The molecule has 2 aliphatic rings. The molecule has 4 rings (SSSR count). The molecule has 6 nitrogen and oxygen atoms in total. The molecule has 1 unspecified atom stereocenters. The maximum atomic E-state index is 13.1. The standard InChI is InChI=1S/C20H25N3O3/c24-20(17-12-18(26-15-17)14-22-8-10-25-11-9-22)23-7-2-1-5-19(23)16-4-3-6-21-13-16/h3-4,6,12-13,15,19H,1-2,5,7-11,14H2. The van der Waals surface area contributed by atoms with Gasteiger partial charge in [-0.15, -0.1) is 0 Å². The molecule has 0 radical (unpaired) electrons. The molecule has 0 spiro atoms. The molecular formula is C20H25N3O3. The van der Waals surface area contributed by atoms with Gasteiger partial charge in [0.1, 0.15) is 12.0 Å². The molecule has 0 N–H and O–H groups in total. The normalized spacial score (nSPS) is 21.7. The number of likely N-dealkylation sites (tertiary alicyclic amines) is 1. The molecule has 0 aliphatic carbocycles. The van der Waals surface area contributed by atoms with Crippen LogP contribution in [0, 0.1) is 0 Å². The average molecular weight is 355 g/mol. The van der Waals surface area contributed by atoms with Gasteiger partial charge >= 0.3 is 0 Å². The number of aromatic nitrogens is 1. The molecule has 0 aromatic carbocycles. The van der Waals surface area contributed by atoms with Gasteiger partial charge in [0.15, 0.2) is 0 Å². The van der Waals surface area contributed by atoms with E-state index in [1.54, 1.807) is 12.5 Å². The zero-order chi connectivity index (χ0) is 17.8. The summed E-state index contributed by atoms with van der Waals surface area (Å²) >= 11 is 0. The number of hydrogen-bond donors (Lipinski definition) is 0. The van der Waals surface area contributed by atoms with E-state index in [9.17, 15) is 4.79 Å². The molecule has 2 aromatic rings. The Balaban J connectivity index is 1.47. The Morgan fingerprint density at radius 1 is 1.23 bits per heavy atom. The van der Waals surface area contributed by atoms with Crippen molar-refractivity contribution in [1.82, 2.24) is 14.8 Å². The predicted octanol–water partition coefficient (Wildman–Crippen LogP) is 2.87. The zero-order valence-electron chi connectivity index (χ0n) is 15.0. The van der Waals surface area contributed by atoms with Crippen LogP contribution in [0.15, 0.2) is 41.3 Å². The maximum Gasteiger partial charge on any atom is 0.257 e. The lowest BCUT2D eigenvalue weighted by molar-refractivity contribution is 0.0313. The third-order valence-electron chi connectivity index (χ3n) is 5.22. The highest BCUT2D eigenvalue weighted by atomic mass is 16.5. The number of furan rings is 1. The summed E-state index contributed by atoms with van der Waals surface area (Å²) in [7, 11) is 0. The lowest BCUT2D eigenvalue weighted by Crippen LogP contribution is -2.38. The van der Waals surface area contributed by atoms with Crippen LogP contribution >= 0.6 is 0 Å². The highest BCUT2D eigenvalue weighted by Crippen LogP contribution is 2.32. The van der Waals surface area contributed by atoms with Crippen molar-refractivity contribution in [3.05, 3.63) is 53.7 Å². The lowest BCUT2D eigenvalue weighted by atomic mass is 9.96. The second-order valence-electron chi connectivity index (χ2n) is 6.99. The van der Waals surface area contributed by atoms with E-state index in [4.69, 9.17) is 9.15 Å². The second kappa shape index (κ2) is 8.01. The second-order valence-corrected chi connectivity index (χ2v) is 6.99. The molecule has 1 atom stereocenters. The van der Waals surface area contributed by atoms with Crippen LogP contribution in [0.25, 0.3) is 0 Å². The molecule has 2 fully saturated rings. The van der Waals surface area contributed by atoms with Crippen LogP contribution in [0.2, 0.25) is 0 Å². The third kappa shape index (κ3) is 3.81. The summed E-state index contributed by atoms with van der Waals surface area (Å²) in [4.78, 5) is 21.6. The van der Waals surface area contributed by atoms with Gasteiger partial charge in [-0.05, 0) is 37.0 Å². The fraction of sp³-hybridized carbons (Fsp3) is 0.500. The minimum atomic E-state index is 0.0514. The summed E-state index contributed by atoms with van der Waals surface area (Å²) in [5.74, 6) is 0.890. The van der Waals surface area contributed by atoms with E-state index < -0.39 is 0 Å². The number of amides is 1. The SMILES string of the molecule is O=C(c1coc(CN2CCOCC2)c1)N1CCCCC1c1cccnc1. The molecule has 26 heavy (non-hydrogen) atoms. The summed E-state index contributed by atoms with van der Waals surface area (Å²) in [6, 6.07) is 5.99. The molecule has 6 heteroatoms.